The Balaban J connectivity index is 2.08. The van der Waals surface area contributed by atoms with E-state index in [0.717, 1.165) is 0 Å². The maximum atomic E-state index is 12.7. The van der Waals surface area contributed by atoms with Crippen LogP contribution in [0.2, 0.25) is 0 Å². The Morgan fingerprint density at radius 3 is 2.44 bits per heavy atom. The summed E-state index contributed by atoms with van der Waals surface area (Å²) in [5, 5.41) is 5.76. The van der Waals surface area contributed by atoms with E-state index in [1.807, 2.05) is 13.8 Å². The normalized spacial score (nSPS) is 23.1. The molecule has 2 amide bonds. The number of halogens is 1. The Kier molecular flexibility index (Phi) is 6.98. The summed E-state index contributed by atoms with van der Waals surface area (Å²) in [6.07, 6.45) is 0. The van der Waals surface area contributed by atoms with Gasteiger partial charge in [0.2, 0.25) is 5.91 Å². The van der Waals surface area contributed by atoms with E-state index in [1.165, 1.54) is 0 Å². The zero-order valence-corrected chi connectivity index (χ0v) is 16.7. The predicted octanol–water partition coefficient (Wildman–Crippen LogP) is 2.28. The van der Waals surface area contributed by atoms with Crippen molar-refractivity contribution in [2.75, 3.05) is 11.9 Å². The van der Waals surface area contributed by atoms with Crippen LogP contribution in [0.15, 0.2) is 24.3 Å². The van der Waals surface area contributed by atoms with E-state index in [4.69, 9.17) is 0 Å². The van der Waals surface area contributed by atoms with Gasteiger partial charge in [-0.15, -0.1) is 0 Å². The number of amides is 2. The number of carbonyl (C=O) groups is 2. The SMILES string of the molecule is CC(C)CNC(=O)c1ccccc1NC(=O)C1NNC(C(C)C)C1Br. The van der Waals surface area contributed by atoms with Gasteiger partial charge in [0.05, 0.1) is 16.1 Å². The van der Waals surface area contributed by atoms with E-state index in [9.17, 15) is 9.59 Å². The monoisotopic (exact) mass is 410 g/mol. The molecule has 138 valence electrons. The molecular formula is C18H27BrN4O2. The molecule has 1 aromatic carbocycles. The first kappa shape index (κ1) is 19.9. The van der Waals surface area contributed by atoms with Gasteiger partial charge in [-0.2, -0.15) is 0 Å². The molecule has 0 radical (unpaired) electrons. The lowest BCUT2D eigenvalue weighted by Gasteiger charge is -2.20. The maximum Gasteiger partial charge on any atom is 0.253 e. The van der Waals surface area contributed by atoms with Crippen LogP contribution in [0.25, 0.3) is 0 Å². The molecule has 0 bridgehead atoms. The van der Waals surface area contributed by atoms with E-state index in [-0.39, 0.29) is 22.7 Å². The molecule has 1 heterocycles. The number of hydrazine groups is 1. The molecule has 25 heavy (non-hydrogen) atoms. The summed E-state index contributed by atoms with van der Waals surface area (Å²) in [7, 11) is 0. The fraction of sp³-hybridized carbons (Fsp3) is 0.556. The van der Waals surface area contributed by atoms with Crippen LogP contribution in [-0.4, -0.2) is 35.3 Å². The third-order valence-electron chi connectivity index (χ3n) is 4.17. The average molecular weight is 411 g/mol. The fourth-order valence-electron chi connectivity index (χ4n) is 2.69. The molecule has 0 saturated carbocycles. The van der Waals surface area contributed by atoms with Crippen molar-refractivity contribution in [1.29, 1.82) is 0 Å². The van der Waals surface area contributed by atoms with Crippen molar-refractivity contribution >= 4 is 33.4 Å². The topological polar surface area (TPSA) is 82.3 Å². The van der Waals surface area contributed by atoms with Gasteiger partial charge in [-0.3, -0.25) is 15.0 Å². The number of alkyl halides is 1. The number of carbonyl (C=O) groups excluding carboxylic acids is 2. The smallest absolute Gasteiger partial charge is 0.253 e. The number of hydrogen-bond acceptors (Lipinski definition) is 4. The van der Waals surface area contributed by atoms with Gasteiger partial charge in [-0.25, -0.2) is 5.43 Å². The van der Waals surface area contributed by atoms with Crippen molar-refractivity contribution in [2.45, 2.75) is 44.6 Å². The Bertz CT molecular complexity index is 621. The van der Waals surface area contributed by atoms with Crippen molar-refractivity contribution in [2.24, 2.45) is 11.8 Å². The van der Waals surface area contributed by atoms with Gasteiger partial charge in [0.1, 0.15) is 6.04 Å². The van der Waals surface area contributed by atoms with Crippen LogP contribution in [0.5, 0.6) is 0 Å². The number of rotatable bonds is 6. The van der Waals surface area contributed by atoms with Gasteiger partial charge in [0.25, 0.3) is 5.91 Å². The number of anilines is 1. The van der Waals surface area contributed by atoms with E-state index in [0.29, 0.717) is 29.6 Å². The molecule has 0 spiro atoms. The Hall–Kier alpha value is -1.44. The molecule has 6 nitrogen and oxygen atoms in total. The molecule has 0 aliphatic carbocycles. The maximum absolute atomic E-state index is 12.7. The summed E-state index contributed by atoms with van der Waals surface area (Å²) in [6, 6.07) is 6.79. The van der Waals surface area contributed by atoms with Crippen LogP contribution >= 0.6 is 15.9 Å². The van der Waals surface area contributed by atoms with E-state index in [2.05, 4.69) is 51.3 Å². The summed E-state index contributed by atoms with van der Waals surface area (Å²) in [6.45, 7) is 8.86. The second-order valence-electron chi connectivity index (χ2n) is 7.12. The van der Waals surface area contributed by atoms with Gasteiger partial charge in [0, 0.05) is 12.6 Å². The molecule has 0 aromatic heterocycles. The van der Waals surface area contributed by atoms with E-state index >= 15 is 0 Å². The third-order valence-corrected chi connectivity index (χ3v) is 5.27. The highest BCUT2D eigenvalue weighted by Gasteiger charge is 2.39. The summed E-state index contributed by atoms with van der Waals surface area (Å²) >= 11 is 3.61. The highest BCUT2D eigenvalue weighted by atomic mass is 79.9. The van der Waals surface area contributed by atoms with Crippen LogP contribution in [0, 0.1) is 11.8 Å². The second kappa shape index (κ2) is 8.78. The second-order valence-corrected chi connectivity index (χ2v) is 8.18. The highest BCUT2D eigenvalue weighted by Crippen LogP contribution is 2.23. The van der Waals surface area contributed by atoms with Crippen LogP contribution in [0.3, 0.4) is 0 Å². The lowest BCUT2D eigenvalue weighted by Crippen LogP contribution is -2.42. The molecule has 7 heteroatoms. The Morgan fingerprint density at radius 2 is 1.84 bits per heavy atom. The molecule has 1 aliphatic rings. The number of hydrogen-bond donors (Lipinski definition) is 4. The molecule has 3 atom stereocenters. The lowest BCUT2D eigenvalue weighted by molar-refractivity contribution is -0.117. The molecule has 4 N–H and O–H groups in total. The standard InChI is InChI=1S/C18H27BrN4O2/c1-10(2)9-20-17(24)12-7-5-6-8-13(12)21-18(25)16-14(19)15(11(3)4)22-23-16/h5-8,10-11,14-16,22-23H,9H2,1-4H3,(H,20,24)(H,21,25). The Labute approximate surface area is 157 Å². The zero-order chi connectivity index (χ0) is 18.6. The summed E-state index contributed by atoms with van der Waals surface area (Å²) in [4.78, 5) is 25.0. The Morgan fingerprint density at radius 1 is 1.16 bits per heavy atom. The molecule has 1 saturated heterocycles. The first-order valence-corrected chi connectivity index (χ1v) is 9.56. The molecule has 3 unspecified atom stereocenters. The van der Waals surface area contributed by atoms with Crippen molar-refractivity contribution in [3.8, 4) is 0 Å². The lowest BCUT2D eigenvalue weighted by atomic mass is 9.99. The number of benzene rings is 1. The summed E-state index contributed by atoms with van der Waals surface area (Å²) < 4.78 is 0. The molecule has 1 aliphatic heterocycles. The molecular weight excluding hydrogens is 384 g/mol. The average Bonchev–Trinajstić information content (AvgIpc) is 2.95. The molecule has 2 rings (SSSR count). The van der Waals surface area contributed by atoms with Gasteiger partial charge in [-0.1, -0.05) is 55.8 Å². The number of para-hydroxylation sites is 1. The van der Waals surface area contributed by atoms with Crippen LogP contribution in [0.4, 0.5) is 5.69 Å². The van der Waals surface area contributed by atoms with Crippen molar-refractivity contribution in [3.05, 3.63) is 29.8 Å². The van der Waals surface area contributed by atoms with Crippen LogP contribution in [0.1, 0.15) is 38.1 Å². The number of nitrogens with one attached hydrogen (secondary N) is 4. The largest absolute Gasteiger partial charge is 0.352 e. The van der Waals surface area contributed by atoms with Crippen molar-refractivity contribution < 1.29 is 9.59 Å². The van der Waals surface area contributed by atoms with Crippen molar-refractivity contribution in [1.82, 2.24) is 16.2 Å². The summed E-state index contributed by atoms with van der Waals surface area (Å²) in [5.41, 5.74) is 7.18. The van der Waals surface area contributed by atoms with E-state index in [1.54, 1.807) is 24.3 Å². The quantitative estimate of drug-likeness (QED) is 0.542. The van der Waals surface area contributed by atoms with Gasteiger partial charge in [-0.05, 0) is 24.0 Å². The van der Waals surface area contributed by atoms with Gasteiger partial charge in [0.15, 0.2) is 0 Å². The first-order chi connectivity index (χ1) is 11.8. The van der Waals surface area contributed by atoms with Crippen LogP contribution < -0.4 is 21.5 Å². The van der Waals surface area contributed by atoms with Crippen LogP contribution in [-0.2, 0) is 4.79 Å². The minimum absolute atomic E-state index is 0.0329. The predicted molar refractivity (Wildman–Crippen MR) is 104 cm³/mol. The van der Waals surface area contributed by atoms with E-state index < -0.39 is 6.04 Å². The molecule has 1 aromatic rings. The van der Waals surface area contributed by atoms with Gasteiger partial charge < -0.3 is 10.6 Å². The summed E-state index contributed by atoms with van der Waals surface area (Å²) in [5.74, 6) is 0.379. The fourth-order valence-corrected chi connectivity index (χ4v) is 3.80. The van der Waals surface area contributed by atoms with Gasteiger partial charge >= 0.3 is 0 Å². The first-order valence-electron chi connectivity index (χ1n) is 8.64. The third kappa shape index (κ3) is 5.03. The highest BCUT2D eigenvalue weighted by molar-refractivity contribution is 9.09. The zero-order valence-electron chi connectivity index (χ0n) is 15.1. The minimum atomic E-state index is -0.417. The minimum Gasteiger partial charge on any atom is -0.352 e. The van der Waals surface area contributed by atoms with Crippen molar-refractivity contribution in [3.63, 3.8) is 0 Å². The molecule has 1 fully saturated rings.